The zero-order valence-corrected chi connectivity index (χ0v) is 22.6. The van der Waals surface area contributed by atoms with Crippen LogP contribution in [0.4, 0.5) is 4.79 Å². The molecule has 0 unspecified atom stereocenters. The third kappa shape index (κ3) is 5.31. The van der Waals surface area contributed by atoms with E-state index in [1.807, 2.05) is 32.9 Å². The summed E-state index contributed by atoms with van der Waals surface area (Å²) in [6.07, 6.45) is 1.81. The number of aromatic nitrogens is 1. The van der Waals surface area contributed by atoms with Crippen LogP contribution >= 0.6 is 34.8 Å². The van der Waals surface area contributed by atoms with Crippen LogP contribution in [-0.4, -0.2) is 34.8 Å². The first kappa shape index (κ1) is 25.2. The minimum atomic E-state index is -0.514. The molecular formula is C27H27Cl3N2O4. The Morgan fingerprint density at radius 3 is 2.36 bits per heavy atom. The van der Waals surface area contributed by atoms with Crippen molar-refractivity contribution in [2.24, 2.45) is 0 Å². The molecule has 0 bridgehead atoms. The van der Waals surface area contributed by atoms with Crippen molar-refractivity contribution in [2.75, 3.05) is 13.1 Å². The number of hydrogen-bond donors (Lipinski definition) is 0. The molecule has 1 saturated heterocycles. The summed E-state index contributed by atoms with van der Waals surface area (Å²) in [7, 11) is 0. The van der Waals surface area contributed by atoms with E-state index >= 15 is 0 Å². The van der Waals surface area contributed by atoms with Gasteiger partial charge in [-0.3, -0.25) is 0 Å². The summed E-state index contributed by atoms with van der Waals surface area (Å²) in [5.74, 6) is 1.95. The average molecular weight is 550 g/mol. The Morgan fingerprint density at radius 1 is 1.06 bits per heavy atom. The SMILES string of the molecule is CC(C)(C)OC(=O)N1CC(c2ccc(OCc3c(-c4c(Cl)cccc4Cl)noc3C3CC3)cc2Cl)C1. The van der Waals surface area contributed by atoms with Gasteiger partial charge in [0.1, 0.15) is 29.4 Å². The second-order valence-corrected chi connectivity index (χ2v) is 11.5. The maximum absolute atomic E-state index is 12.2. The zero-order valence-electron chi connectivity index (χ0n) is 20.3. The lowest BCUT2D eigenvalue weighted by Gasteiger charge is -2.40. The molecule has 1 saturated carbocycles. The minimum absolute atomic E-state index is 0.160. The Hall–Kier alpha value is -2.41. The fourth-order valence-electron chi connectivity index (χ4n) is 4.28. The summed E-state index contributed by atoms with van der Waals surface area (Å²) in [5.41, 5.74) is 2.56. The van der Waals surface area contributed by atoms with Gasteiger partial charge in [0.05, 0.1) is 15.6 Å². The molecule has 2 aliphatic rings. The normalized spacial score (nSPS) is 16.1. The van der Waals surface area contributed by atoms with Gasteiger partial charge in [-0.15, -0.1) is 0 Å². The molecule has 36 heavy (non-hydrogen) atoms. The number of rotatable bonds is 6. The van der Waals surface area contributed by atoms with Crippen molar-refractivity contribution >= 4 is 40.9 Å². The highest BCUT2D eigenvalue weighted by molar-refractivity contribution is 6.39. The van der Waals surface area contributed by atoms with Crippen molar-refractivity contribution in [3.05, 3.63) is 68.4 Å². The van der Waals surface area contributed by atoms with Crippen LogP contribution in [0.2, 0.25) is 15.1 Å². The van der Waals surface area contributed by atoms with Gasteiger partial charge < -0.3 is 18.9 Å². The fraction of sp³-hybridized carbons (Fsp3) is 0.407. The summed E-state index contributed by atoms with van der Waals surface area (Å²) >= 11 is 19.5. The van der Waals surface area contributed by atoms with Crippen LogP contribution in [0.3, 0.4) is 0 Å². The van der Waals surface area contributed by atoms with Crippen LogP contribution < -0.4 is 4.74 Å². The number of carbonyl (C=O) groups is 1. The van der Waals surface area contributed by atoms with Crippen LogP contribution in [0.15, 0.2) is 40.9 Å². The van der Waals surface area contributed by atoms with Crippen molar-refractivity contribution in [2.45, 2.75) is 57.7 Å². The molecule has 0 spiro atoms. The molecule has 0 radical (unpaired) electrons. The average Bonchev–Trinajstić information content (AvgIpc) is 3.52. The molecule has 2 heterocycles. The predicted molar refractivity (Wildman–Crippen MR) is 140 cm³/mol. The van der Waals surface area contributed by atoms with Crippen molar-refractivity contribution in [3.63, 3.8) is 0 Å². The lowest BCUT2D eigenvalue weighted by molar-refractivity contribution is 0.00819. The van der Waals surface area contributed by atoms with Crippen LogP contribution in [-0.2, 0) is 11.3 Å². The van der Waals surface area contributed by atoms with Crippen LogP contribution in [0.1, 0.15) is 62.3 Å². The van der Waals surface area contributed by atoms with Gasteiger partial charge in [-0.05, 0) is 63.4 Å². The number of hydrogen-bond acceptors (Lipinski definition) is 5. The van der Waals surface area contributed by atoms with Gasteiger partial charge in [-0.2, -0.15) is 0 Å². The molecule has 1 aromatic heterocycles. The minimum Gasteiger partial charge on any atom is -0.489 e. The van der Waals surface area contributed by atoms with E-state index in [1.165, 1.54) is 0 Å². The van der Waals surface area contributed by atoms with Gasteiger partial charge in [0.2, 0.25) is 0 Å². The molecule has 0 atom stereocenters. The van der Waals surface area contributed by atoms with Gasteiger partial charge >= 0.3 is 6.09 Å². The third-order valence-electron chi connectivity index (χ3n) is 6.29. The lowest BCUT2D eigenvalue weighted by atomic mass is 9.92. The summed E-state index contributed by atoms with van der Waals surface area (Å²) in [6.45, 7) is 6.97. The number of carbonyl (C=O) groups excluding carboxylic acids is 1. The Morgan fingerprint density at radius 2 is 1.75 bits per heavy atom. The molecule has 2 aromatic carbocycles. The zero-order chi connectivity index (χ0) is 25.6. The highest BCUT2D eigenvalue weighted by atomic mass is 35.5. The van der Waals surface area contributed by atoms with E-state index in [2.05, 4.69) is 5.16 Å². The maximum atomic E-state index is 12.2. The van der Waals surface area contributed by atoms with Crippen molar-refractivity contribution < 1.29 is 18.8 Å². The standard InChI is InChI=1S/C27H27Cl3N2O4/c1-27(2,3)35-26(33)32-12-16(13-32)18-10-9-17(11-22(18)30)34-14-19-24(31-36-25(19)15-7-8-15)23-20(28)5-4-6-21(23)29/h4-6,9-11,15-16H,7-8,12-14H2,1-3H3. The first-order valence-corrected chi connectivity index (χ1v) is 13.1. The van der Waals surface area contributed by atoms with Gasteiger partial charge in [0.15, 0.2) is 0 Å². The highest BCUT2D eigenvalue weighted by Gasteiger charge is 2.36. The Labute approximate surface area is 225 Å². The summed E-state index contributed by atoms with van der Waals surface area (Å²) in [6, 6.07) is 11.0. The van der Waals surface area contributed by atoms with Crippen molar-refractivity contribution in [3.8, 4) is 17.0 Å². The summed E-state index contributed by atoms with van der Waals surface area (Å²) in [4.78, 5) is 13.9. The molecule has 1 amide bonds. The largest absolute Gasteiger partial charge is 0.489 e. The van der Waals surface area contributed by atoms with E-state index in [0.717, 1.165) is 29.7 Å². The molecule has 6 nitrogen and oxygen atoms in total. The molecule has 1 aliphatic carbocycles. The first-order valence-electron chi connectivity index (χ1n) is 11.9. The number of nitrogens with zero attached hydrogens (tertiary/aromatic N) is 2. The molecular weight excluding hydrogens is 523 g/mol. The fourth-order valence-corrected chi connectivity index (χ4v) is 5.18. The van der Waals surface area contributed by atoms with E-state index in [9.17, 15) is 4.79 Å². The maximum Gasteiger partial charge on any atom is 0.410 e. The van der Waals surface area contributed by atoms with E-state index in [4.69, 9.17) is 48.8 Å². The molecule has 5 rings (SSSR count). The van der Waals surface area contributed by atoms with Gasteiger partial charge in [-0.25, -0.2) is 4.79 Å². The quantitative estimate of drug-likeness (QED) is 0.311. The molecule has 1 aliphatic heterocycles. The second-order valence-electron chi connectivity index (χ2n) is 10.3. The number of halogens is 3. The van der Waals surface area contributed by atoms with Crippen molar-refractivity contribution in [1.29, 1.82) is 0 Å². The predicted octanol–water partition coefficient (Wildman–Crippen LogP) is 8.09. The number of ether oxygens (including phenoxy) is 2. The first-order chi connectivity index (χ1) is 17.1. The molecule has 3 aromatic rings. The van der Waals surface area contributed by atoms with Crippen molar-refractivity contribution in [1.82, 2.24) is 10.1 Å². The Bertz CT molecular complexity index is 1270. The van der Waals surface area contributed by atoms with E-state index < -0.39 is 5.60 Å². The molecule has 9 heteroatoms. The van der Waals surface area contributed by atoms with Gasteiger partial charge in [0.25, 0.3) is 0 Å². The van der Waals surface area contributed by atoms with Gasteiger partial charge in [-0.1, -0.05) is 52.1 Å². The number of amides is 1. The van der Waals surface area contributed by atoms with E-state index in [0.29, 0.717) is 51.1 Å². The number of likely N-dealkylation sites (tertiary alicyclic amines) is 1. The molecule has 190 valence electrons. The highest BCUT2D eigenvalue weighted by Crippen LogP contribution is 2.46. The van der Waals surface area contributed by atoms with E-state index in [1.54, 1.807) is 29.2 Å². The Kier molecular flexibility index (Phi) is 6.88. The number of benzene rings is 2. The smallest absolute Gasteiger partial charge is 0.410 e. The van der Waals surface area contributed by atoms with Crippen LogP contribution in [0, 0.1) is 0 Å². The lowest BCUT2D eigenvalue weighted by Crippen LogP contribution is -2.50. The van der Waals surface area contributed by atoms with Gasteiger partial charge in [0, 0.05) is 35.5 Å². The summed E-state index contributed by atoms with van der Waals surface area (Å²) in [5, 5.41) is 5.92. The second kappa shape index (κ2) is 9.81. The Balaban J connectivity index is 1.29. The van der Waals surface area contributed by atoms with E-state index in [-0.39, 0.29) is 18.6 Å². The third-order valence-corrected chi connectivity index (χ3v) is 7.25. The topological polar surface area (TPSA) is 64.8 Å². The van der Waals surface area contributed by atoms with Crippen LogP contribution in [0.25, 0.3) is 11.3 Å². The molecule has 2 fully saturated rings. The molecule has 0 N–H and O–H groups in total. The summed E-state index contributed by atoms with van der Waals surface area (Å²) < 4.78 is 17.3. The monoisotopic (exact) mass is 548 g/mol. The van der Waals surface area contributed by atoms with Crippen LogP contribution in [0.5, 0.6) is 5.75 Å².